The molecule has 6 heteroatoms. The van der Waals surface area contributed by atoms with Crippen molar-refractivity contribution in [2.75, 3.05) is 18.6 Å². The van der Waals surface area contributed by atoms with Gasteiger partial charge in [-0.05, 0) is 26.8 Å². The predicted molar refractivity (Wildman–Crippen MR) is 70.4 cm³/mol. The van der Waals surface area contributed by atoms with Crippen LogP contribution in [0.1, 0.15) is 29.1 Å². The van der Waals surface area contributed by atoms with Gasteiger partial charge in [-0.1, -0.05) is 0 Å². The first-order valence-electron chi connectivity index (χ1n) is 5.82. The first-order valence-corrected chi connectivity index (χ1v) is 8.46. The Bertz CT molecular complexity index is 481. The van der Waals surface area contributed by atoms with Gasteiger partial charge < -0.3 is 5.32 Å². The molecule has 1 aromatic heterocycles. The molecule has 0 bridgehead atoms. The number of aromatic nitrogens is 1. The summed E-state index contributed by atoms with van der Waals surface area (Å²) in [5.74, 6) is 0.727. The van der Waals surface area contributed by atoms with Gasteiger partial charge in [-0.15, -0.1) is 11.3 Å². The Kier molecular flexibility index (Phi) is 3.85. The molecule has 17 heavy (non-hydrogen) atoms. The maximum Gasteiger partial charge on any atom is 0.151 e. The van der Waals surface area contributed by atoms with Crippen molar-refractivity contribution in [3.63, 3.8) is 0 Å². The largest absolute Gasteiger partial charge is 0.317 e. The summed E-state index contributed by atoms with van der Waals surface area (Å²) in [4.78, 5) is 5.61. The Labute approximate surface area is 106 Å². The van der Waals surface area contributed by atoms with Crippen LogP contribution < -0.4 is 5.32 Å². The van der Waals surface area contributed by atoms with E-state index < -0.39 is 9.84 Å². The molecule has 1 N–H and O–H groups in total. The van der Waals surface area contributed by atoms with E-state index in [0.29, 0.717) is 11.8 Å². The van der Waals surface area contributed by atoms with E-state index in [0.717, 1.165) is 17.8 Å². The van der Waals surface area contributed by atoms with Gasteiger partial charge in [0.05, 0.1) is 16.5 Å². The van der Waals surface area contributed by atoms with E-state index >= 15 is 0 Å². The van der Waals surface area contributed by atoms with Gasteiger partial charge >= 0.3 is 0 Å². The lowest BCUT2D eigenvalue weighted by Gasteiger charge is -2.06. The third-order valence-corrected chi connectivity index (χ3v) is 6.10. The highest BCUT2D eigenvalue weighted by atomic mass is 32.2. The van der Waals surface area contributed by atoms with Crippen molar-refractivity contribution in [1.82, 2.24) is 10.3 Å². The van der Waals surface area contributed by atoms with Crippen molar-refractivity contribution in [2.24, 2.45) is 0 Å². The highest BCUT2D eigenvalue weighted by Gasteiger charge is 2.30. The second-order valence-corrected chi connectivity index (χ2v) is 8.03. The van der Waals surface area contributed by atoms with Crippen LogP contribution >= 0.6 is 11.3 Å². The number of hydrogen-bond acceptors (Lipinski definition) is 5. The molecule has 1 fully saturated rings. The van der Waals surface area contributed by atoms with Gasteiger partial charge in [-0.3, -0.25) is 0 Å². The topological polar surface area (TPSA) is 59.1 Å². The molecule has 96 valence electrons. The maximum absolute atomic E-state index is 11.4. The van der Waals surface area contributed by atoms with Crippen LogP contribution in [-0.4, -0.2) is 38.0 Å². The summed E-state index contributed by atoms with van der Waals surface area (Å²) in [6.07, 6.45) is 3.57. The van der Waals surface area contributed by atoms with E-state index in [9.17, 15) is 8.42 Å². The van der Waals surface area contributed by atoms with Gasteiger partial charge in [0.1, 0.15) is 0 Å². The molecule has 2 rings (SSSR count). The van der Waals surface area contributed by atoms with Gasteiger partial charge in [0.15, 0.2) is 9.84 Å². The van der Waals surface area contributed by atoms with Crippen molar-refractivity contribution in [3.05, 3.63) is 16.1 Å². The zero-order chi connectivity index (χ0) is 12.5. The first kappa shape index (κ1) is 13.0. The van der Waals surface area contributed by atoms with Crippen LogP contribution in [0.2, 0.25) is 0 Å². The van der Waals surface area contributed by atoms with Crippen molar-refractivity contribution in [3.8, 4) is 0 Å². The monoisotopic (exact) mass is 274 g/mol. The van der Waals surface area contributed by atoms with Gasteiger partial charge in [0.2, 0.25) is 0 Å². The molecule has 2 heterocycles. The summed E-state index contributed by atoms with van der Waals surface area (Å²) in [6.45, 7) is 2.12. The van der Waals surface area contributed by atoms with Crippen molar-refractivity contribution >= 4 is 21.2 Å². The van der Waals surface area contributed by atoms with Crippen molar-refractivity contribution in [1.29, 1.82) is 0 Å². The van der Waals surface area contributed by atoms with Crippen LogP contribution in [-0.2, 0) is 16.3 Å². The molecule has 1 aliphatic rings. The maximum atomic E-state index is 11.4. The highest BCUT2D eigenvalue weighted by molar-refractivity contribution is 7.91. The zero-order valence-electron chi connectivity index (χ0n) is 10.1. The molecule has 4 nitrogen and oxygen atoms in total. The Morgan fingerprint density at radius 3 is 3.00 bits per heavy atom. The number of thiazole rings is 1. The third-order valence-electron chi connectivity index (χ3n) is 3.15. The first-order chi connectivity index (χ1) is 8.00. The smallest absolute Gasteiger partial charge is 0.151 e. The molecule has 2 unspecified atom stereocenters. The van der Waals surface area contributed by atoms with Crippen LogP contribution in [0.3, 0.4) is 0 Å². The zero-order valence-corrected chi connectivity index (χ0v) is 11.8. The normalized spacial score (nSPS) is 24.9. The van der Waals surface area contributed by atoms with Gasteiger partial charge in [-0.2, -0.15) is 0 Å². The van der Waals surface area contributed by atoms with E-state index in [1.165, 1.54) is 4.88 Å². The lowest BCUT2D eigenvalue weighted by Crippen LogP contribution is -2.22. The summed E-state index contributed by atoms with van der Waals surface area (Å²) in [6, 6.07) is 0.426. The lowest BCUT2D eigenvalue weighted by atomic mass is 10.1. The molecule has 1 aliphatic heterocycles. The van der Waals surface area contributed by atoms with Gasteiger partial charge in [-0.25, -0.2) is 13.4 Å². The summed E-state index contributed by atoms with van der Waals surface area (Å²) in [5.41, 5.74) is 0. The molecule has 0 aromatic carbocycles. The Morgan fingerprint density at radius 2 is 2.41 bits per heavy atom. The molecule has 0 radical (unpaired) electrons. The lowest BCUT2D eigenvalue weighted by molar-refractivity contribution is 0.601. The van der Waals surface area contributed by atoms with Crippen LogP contribution in [0.15, 0.2) is 6.20 Å². The molecule has 0 amide bonds. The van der Waals surface area contributed by atoms with Crippen LogP contribution in [0.4, 0.5) is 0 Å². The quantitative estimate of drug-likeness (QED) is 0.896. The van der Waals surface area contributed by atoms with E-state index in [2.05, 4.69) is 17.2 Å². The Balaban J connectivity index is 2.04. The van der Waals surface area contributed by atoms with E-state index in [-0.39, 0.29) is 11.7 Å². The molecule has 0 spiro atoms. The summed E-state index contributed by atoms with van der Waals surface area (Å²) in [7, 11) is -0.867. The minimum Gasteiger partial charge on any atom is -0.317 e. The number of rotatable bonds is 4. The minimum atomic E-state index is -2.81. The highest BCUT2D eigenvalue weighted by Crippen LogP contribution is 2.31. The molecule has 0 saturated carbocycles. The average molecular weight is 274 g/mol. The summed E-state index contributed by atoms with van der Waals surface area (Å²) in [5, 5.41) is 4.18. The van der Waals surface area contributed by atoms with Gasteiger partial charge in [0.25, 0.3) is 0 Å². The van der Waals surface area contributed by atoms with Crippen LogP contribution in [0.5, 0.6) is 0 Å². The van der Waals surface area contributed by atoms with Crippen molar-refractivity contribution < 1.29 is 8.42 Å². The number of hydrogen-bond donors (Lipinski definition) is 1. The Hall–Kier alpha value is -0.460. The standard InChI is InChI=1S/C11H18N2O2S2/c1-8(12-2)5-10-6-13-11(16-10)9-3-4-17(14,15)7-9/h6,8-9,12H,3-5,7H2,1-2H3. The van der Waals surface area contributed by atoms with E-state index in [4.69, 9.17) is 0 Å². The fourth-order valence-corrected chi connectivity index (χ4v) is 5.03. The molecule has 2 atom stereocenters. The SMILES string of the molecule is CNC(C)Cc1cnc(C2CCS(=O)(=O)C2)s1. The average Bonchev–Trinajstić information content (AvgIpc) is 2.84. The number of likely N-dealkylation sites (N-methyl/N-ethyl adjacent to an activating group) is 1. The molecular weight excluding hydrogens is 256 g/mol. The molecule has 1 aromatic rings. The minimum absolute atomic E-state index is 0.128. The predicted octanol–water partition coefficient (Wildman–Crippen LogP) is 1.20. The second-order valence-electron chi connectivity index (χ2n) is 4.66. The second kappa shape index (κ2) is 5.04. The Morgan fingerprint density at radius 1 is 1.65 bits per heavy atom. The molecule has 0 aliphatic carbocycles. The summed E-state index contributed by atoms with van der Waals surface area (Å²) >= 11 is 1.66. The molecule has 1 saturated heterocycles. The van der Waals surface area contributed by atoms with E-state index in [1.54, 1.807) is 11.3 Å². The number of nitrogens with zero attached hydrogens (tertiary/aromatic N) is 1. The summed E-state index contributed by atoms with van der Waals surface area (Å²) < 4.78 is 22.8. The van der Waals surface area contributed by atoms with Crippen molar-refractivity contribution in [2.45, 2.75) is 31.7 Å². The number of sulfone groups is 1. The fourth-order valence-electron chi connectivity index (χ4n) is 2.00. The van der Waals surface area contributed by atoms with Crippen LogP contribution in [0, 0.1) is 0 Å². The van der Waals surface area contributed by atoms with E-state index in [1.807, 2.05) is 13.2 Å². The van der Waals surface area contributed by atoms with Crippen LogP contribution in [0.25, 0.3) is 0 Å². The number of nitrogens with one attached hydrogen (secondary N) is 1. The molecular formula is C11H18N2O2S2. The third kappa shape index (κ3) is 3.26. The van der Waals surface area contributed by atoms with Gasteiger partial charge in [0, 0.05) is 23.0 Å². The fraction of sp³-hybridized carbons (Fsp3) is 0.727.